The van der Waals surface area contributed by atoms with Crippen LogP contribution in [0.4, 0.5) is 4.79 Å². The molecular weight excluding hydrogens is 438 g/mol. The largest absolute Gasteiger partial charge is 0.368 e. The molecule has 35 heavy (non-hydrogen) atoms. The predicted molar refractivity (Wildman–Crippen MR) is 134 cm³/mol. The lowest BCUT2D eigenvalue weighted by Crippen LogP contribution is -2.54. The van der Waals surface area contributed by atoms with Gasteiger partial charge in [-0.15, -0.1) is 0 Å². The van der Waals surface area contributed by atoms with Gasteiger partial charge in [-0.05, 0) is 54.5 Å². The van der Waals surface area contributed by atoms with Crippen LogP contribution in [0, 0.1) is 6.92 Å². The molecule has 1 aliphatic carbocycles. The van der Waals surface area contributed by atoms with Crippen LogP contribution >= 0.6 is 0 Å². The highest BCUT2D eigenvalue weighted by atomic mass is 16.7. The quantitative estimate of drug-likeness (QED) is 0.358. The molecule has 2 heterocycles. The van der Waals surface area contributed by atoms with Gasteiger partial charge >= 0.3 is 6.03 Å². The monoisotopic (exact) mass is 467 g/mol. The van der Waals surface area contributed by atoms with E-state index in [9.17, 15) is 4.79 Å². The Morgan fingerprint density at radius 2 is 1.49 bits per heavy atom. The molecule has 2 aliphatic rings. The molecule has 178 valence electrons. The van der Waals surface area contributed by atoms with E-state index in [1.54, 1.807) is 10.1 Å². The summed E-state index contributed by atoms with van der Waals surface area (Å²) in [6.07, 6.45) is 1.62. The van der Waals surface area contributed by atoms with Gasteiger partial charge in [-0.1, -0.05) is 72.3 Å². The fourth-order valence-electron chi connectivity index (χ4n) is 5.39. The number of nitrogens with zero attached hydrogens (tertiary/aromatic N) is 2. The van der Waals surface area contributed by atoms with E-state index in [2.05, 4.69) is 36.2 Å². The summed E-state index contributed by atoms with van der Waals surface area (Å²) >= 11 is 0. The fraction of sp³-hybridized carbons (Fsp3) is 0.276. The SMILES string of the molecule is Cc1ccc2[nH]c(C3CC4CC3N(OCc3ccccc3)C(=O)N4OCc3ccccc3)cc2c1. The standard InChI is InChI=1S/C29H29N3O3/c1-20-12-13-26-23(14-20)15-27(30-26)25-16-24-17-28(25)32(35-19-22-10-6-3-7-11-22)29(33)31(24)34-18-21-8-4-2-5-9-21/h2-15,24-25,28,30H,16-19H2,1H3. The molecule has 6 heteroatoms. The molecule has 4 aromatic rings. The van der Waals surface area contributed by atoms with Gasteiger partial charge in [-0.3, -0.25) is 9.68 Å². The molecule has 1 N–H and O–H groups in total. The van der Waals surface area contributed by atoms with E-state index in [0.717, 1.165) is 35.2 Å². The van der Waals surface area contributed by atoms with E-state index in [4.69, 9.17) is 9.68 Å². The number of aromatic nitrogens is 1. The van der Waals surface area contributed by atoms with E-state index < -0.39 is 0 Å². The molecule has 3 atom stereocenters. The molecule has 0 spiro atoms. The van der Waals surface area contributed by atoms with E-state index in [-0.39, 0.29) is 24.0 Å². The minimum Gasteiger partial charge on any atom is -0.358 e. The highest BCUT2D eigenvalue weighted by Crippen LogP contribution is 2.45. The molecule has 3 aromatic carbocycles. The Labute approximate surface area is 205 Å². The first-order valence-electron chi connectivity index (χ1n) is 12.2. The van der Waals surface area contributed by atoms with Crippen molar-refractivity contribution in [2.75, 3.05) is 0 Å². The highest BCUT2D eigenvalue weighted by Gasteiger charge is 2.52. The van der Waals surface area contributed by atoms with Crippen LogP contribution in [-0.4, -0.2) is 33.2 Å². The Morgan fingerprint density at radius 1 is 0.829 bits per heavy atom. The van der Waals surface area contributed by atoms with Gasteiger partial charge in [0, 0.05) is 17.1 Å². The Bertz CT molecular complexity index is 1320. The van der Waals surface area contributed by atoms with Gasteiger partial charge in [0.25, 0.3) is 0 Å². The molecule has 2 fully saturated rings. The Hall–Kier alpha value is -3.61. The van der Waals surface area contributed by atoms with Crippen molar-refractivity contribution in [2.24, 2.45) is 0 Å². The van der Waals surface area contributed by atoms with Gasteiger partial charge in [-0.2, -0.15) is 10.1 Å². The summed E-state index contributed by atoms with van der Waals surface area (Å²) in [5.41, 5.74) is 5.54. The summed E-state index contributed by atoms with van der Waals surface area (Å²) in [4.78, 5) is 29.5. The Kier molecular flexibility index (Phi) is 5.76. The highest BCUT2D eigenvalue weighted by molar-refractivity contribution is 5.81. The van der Waals surface area contributed by atoms with Crippen LogP contribution in [0.2, 0.25) is 0 Å². The number of fused-ring (bicyclic) bond motifs is 3. The fourth-order valence-corrected chi connectivity index (χ4v) is 5.39. The summed E-state index contributed by atoms with van der Waals surface area (Å²) in [5.74, 6) is 0.137. The minimum atomic E-state index is -0.229. The Morgan fingerprint density at radius 3 is 2.17 bits per heavy atom. The van der Waals surface area contributed by atoms with Crippen LogP contribution in [0.3, 0.4) is 0 Å². The molecule has 2 bridgehead atoms. The van der Waals surface area contributed by atoms with Crippen molar-refractivity contribution in [1.29, 1.82) is 0 Å². The van der Waals surface area contributed by atoms with Crippen LogP contribution in [0.5, 0.6) is 0 Å². The third-order valence-corrected chi connectivity index (χ3v) is 7.14. The number of carbonyl (C=O) groups is 1. The molecular formula is C29H29N3O3. The van der Waals surface area contributed by atoms with Crippen molar-refractivity contribution in [3.63, 3.8) is 0 Å². The zero-order valence-electron chi connectivity index (χ0n) is 19.8. The maximum Gasteiger partial charge on any atom is 0.368 e. The van der Waals surface area contributed by atoms with E-state index >= 15 is 0 Å². The third-order valence-electron chi connectivity index (χ3n) is 7.14. The van der Waals surface area contributed by atoms with Crippen molar-refractivity contribution < 1.29 is 14.5 Å². The van der Waals surface area contributed by atoms with Crippen molar-refractivity contribution in [3.8, 4) is 0 Å². The normalized spacial score (nSPS) is 21.7. The summed E-state index contributed by atoms with van der Waals surface area (Å²) < 4.78 is 0. The second kappa shape index (κ2) is 9.21. The van der Waals surface area contributed by atoms with E-state index in [0.29, 0.717) is 13.2 Å². The van der Waals surface area contributed by atoms with Crippen molar-refractivity contribution >= 4 is 16.9 Å². The topological polar surface area (TPSA) is 57.8 Å². The van der Waals surface area contributed by atoms with Gasteiger partial charge in [0.15, 0.2) is 0 Å². The van der Waals surface area contributed by atoms with Crippen LogP contribution in [-0.2, 0) is 22.9 Å². The van der Waals surface area contributed by atoms with Crippen LogP contribution in [0.15, 0.2) is 84.9 Å². The first-order valence-corrected chi connectivity index (χ1v) is 12.2. The maximum absolute atomic E-state index is 13.6. The number of hydroxylamine groups is 4. The number of amides is 2. The van der Waals surface area contributed by atoms with Gasteiger partial charge in [0.1, 0.15) is 13.2 Å². The summed E-state index contributed by atoms with van der Waals surface area (Å²) in [6, 6.07) is 28.3. The van der Waals surface area contributed by atoms with E-state index in [1.807, 2.05) is 60.7 Å². The average molecular weight is 468 g/mol. The van der Waals surface area contributed by atoms with Crippen LogP contribution in [0.25, 0.3) is 10.9 Å². The van der Waals surface area contributed by atoms with Gasteiger partial charge in [-0.25, -0.2) is 4.79 Å². The van der Waals surface area contributed by atoms with Crippen LogP contribution < -0.4 is 0 Å². The molecule has 1 saturated carbocycles. The molecule has 1 aromatic heterocycles. The zero-order chi connectivity index (χ0) is 23.8. The molecule has 1 aliphatic heterocycles. The summed E-state index contributed by atoms with van der Waals surface area (Å²) in [5, 5.41) is 4.30. The van der Waals surface area contributed by atoms with E-state index in [1.165, 1.54) is 10.9 Å². The summed E-state index contributed by atoms with van der Waals surface area (Å²) in [6.45, 7) is 2.78. The maximum atomic E-state index is 13.6. The minimum absolute atomic E-state index is 0.00550. The first-order chi connectivity index (χ1) is 17.2. The number of urea groups is 1. The molecule has 0 radical (unpaired) electrons. The lowest BCUT2D eigenvalue weighted by atomic mass is 9.99. The lowest BCUT2D eigenvalue weighted by Gasteiger charge is -2.39. The average Bonchev–Trinajstić information content (AvgIpc) is 3.47. The number of aromatic amines is 1. The first kappa shape index (κ1) is 21.9. The number of carbonyl (C=O) groups excluding carboxylic acids is 1. The molecule has 6 nitrogen and oxygen atoms in total. The second-order valence-electron chi connectivity index (χ2n) is 9.57. The smallest absolute Gasteiger partial charge is 0.358 e. The number of H-pyrrole nitrogens is 1. The number of benzene rings is 3. The predicted octanol–water partition coefficient (Wildman–Crippen LogP) is 6.09. The molecule has 6 rings (SSSR count). The number of aryl methyl sites for hydroxylation is 1. The number of nitrogens with one attached hydrogen (secondary N) is 1. The van der Waals surface area contributed by atoms with Crippen molar-refractivity contribution in [3.05, 3.63) is 107 Å². The lowest BCUT2D eigenvalue weighted by molar-refractivity contribution is -0.230. The molecule has 3 unspecified atom stereocenters. The van der Waals surface area contributed by atoms with Gasteiger partial charge in [0.05, 0.1) is 12.1 Å². The number of hydrogen-bond acceptors (Lipinski definition) is 3. The number of rotatable bonds is 7. The zero-order valence-corrected chi connectivity index (χ0v) is 19.8. The van der Waals surface area contributed by atoms with Gasteiger partial charge in [0.2, 0.25) is 0 Å². The van der Waals surface area contributed by atoms with Crippen molar-refractivity contribution in [2.45, 2.75) is 51.0 Å². The second-order valence-corrected chi connectivity index (χ2v) is 9.57. The third kappa shape index (κ3) is 4.31. The molecule has 1 saturated heterocycles. The van der Waals surface area contributed by atoms with Crippen LogP contribution in [0.1, 0.15) is 41.1 Å². The Balaban J connectivity index is 1.28. The summed E-state index contributed by atoms with van der Waals surface area (Å²) in [7, 11) is 0. The molecule has 2 amide bonds. The van der Waals surface area contributed by atoms with Gasteiger partial charge < -0.3 is 4.98 Å². The van der Waals surface area contributed by atoms with Crippen molar-refractivity contribution in [1.82, 2.24) is 15.1 Å². The number of hydrogen-bond donors (Lipinski definition) is 1.